The Bertz CT molecular complexity index is 592. The predicted molar refractivity (Wildman–Crippen MR) is 66.1 cm³/mol. The molecule has 1 atom stereocenters. The van der Waals surface area contributed by atoms with Crippen molar-refractivity contribution in [1.82, 2.24) is 20.0 Å². The summed E-state index contributed by atoms with van der Waals surface area (Å²) < 4.78 is 0. The molecule has 0 aromatic carbocycles. The maximum absolute atomic E-state index is 6.17. The minimum absolute atomic E-state index is 0.146. The average molecular weight is 250 g/mol. The van der Waals surface area contributed by atoms with Crippen molar-refractivity contribution in [2.24, 2.45) is 7.05 Å². The Balaban J connectivity index is 2.35. The number of halogens is 1. The molecule has 6 heteroatoms. The second-order valence-corrected chi connectivity index (χ2v) is 4.57. The van der Waals surface area contributed by atoms with Crippen LogP contribution < -0.4 is 4.90 Å². The van der Waals surface area contributed by atoms with Crippen LogP contribution in [0.4, 0.5) is 5.69 Å². The van der Waals surface area contributed by atoms with E-state index in [9.17, 15) is 0 Å². The predicted octanol–water partition coefficient (Wildman–Crippen LogP) is 2.04. The van der Waals surface area contributed by atoms with Gasteiger partial charge in [0.2, 0.25) is 0 Å². The third-order valence-electron chi connectivity index (χ3n) is 3.20. The summed E-state index contributed by atoms with van der Waals surface area (Å²) in [7, 11) is 3.82. The van der Waals surface area contributed by atoms with Gasteiger partial charge in [0.25, 0.3) is 0 Å². The topological polar surface area (TPSA) is 46.8 Å². The highest BCUT2D eigenvalue weighted by Gasteiger charge is 2.31. The number of anilines is 1. The van der Waals surface area contributed by atoms with Crippen LogP contribution >= 0.6 is 11.6 Å². The monoisotopic (exact) mass is 249 g/mol. The van der Waals surface area contributed by atoms with E-state index in [0.29, 0.717) is 5.15 Å². The van der Waals surface area contributed by atoms with Crippen LogP contribution in [0.25, 0.3) is 11.3 Å². The SMILES string of the molecule is CC1c2nn(C)nc2-c2ccnc(Cl)c2N1C. The number of nitrogens with zero attached hydrogens (tertiary/aromatic N) is 5. The molecule has 0 N–H and O–H groups in total. The van der Waals surface area contributed by atoms with E-state index in [-0.39, 0.29) is 6.04 Å². The first-order valence-corrected chi connectivity index (χ1v) is 5.76. The molecule has 0 aliphatic carbocycles. The Kier molecular flexibility index (Phi) is 2.13. The fourth-order valence-electron chi connectivity index (χ4n) is 2.23. The number of pyridine rings is 1. The third-order valence-corrected chi connectivity index (χ3v) is 3.48. The summed E-state index contributed by atoms with van der Waals surface area (Å²) in [6, 6.07) is 2.07. The van der Waals surface area contributed by atoms with Gasteiger partial charge in [0.1, 0.15) is 11.4 Å². The smallest absolute Gasteiger partial charge is 0.152 e. The molecule has 0 bridgehead atoms. The first kappa shape index (κ1) is 10.5. The summed E-state index contributed by atoms with van der Waals surface area (Å²) in [5.41, 5.74) is 3.80. The number of hydrogen-bond acceptors (Lipinski definition) is 4. The molecule has 1 unspecified atom stereocenters. The van der Waals surface area contributed by atoms with E-state index < -0.39 is 0 Å². The summed E-state index contributed by atoms with van der Waals surface area (Å²) in [6.07, 6.45) is 1.70. The number of aromatic nitrogens is 4. The van der Waals surface area contributed by atoms with Gasteiger partial charge in [-0.3, -0.25) is 0 Å². The lowest BCUT2D eigenvalue weighted by Gasteiger charge is -2.32. The number of rotatable bonds is 0. The standard InChI is InChI=1S/C11H12ClN5/c1-6-8-9(15-17(3)14-8)7-4-5-13-11(12)10(7)16(6)2/h4-6H,1-3H3. The second kappa shape index (κ2) is 3.43. The molecule has 2 aromatic heterocycles. The van der Waals surface area contributed by atoms with Crippen LogP contribution in [0, 0.1) is 0 Å². The number of fused-ring (bicyclic) bond motifs is 3. The van der Waals surface area contributed by atoms with Gasteiger partial charge in [-0.1, -0.05) is 11.6 Å². The van der Waals surface area contributed by atoms with Gasteiger partial charge in [-0.05, 0) is 13.0 Å². The lowest BCUT2D eigenvalue weighted by atomic mass is 9.99. The van der Waals surface area contributed by atoms with Crippen LogP contribution in [0.5, 0.6) is 0 Å². The Morgan fingerprint density at radius 3 is 2.82 bits per heavy atom. The quantitative estimate of drug-likeness (QED) is 0.671. The van der Waals surface area contributed by atoms with Gasteiger partial charge in [-0.25, -0.2) is 4.98 Å². The van der Waals surface area contributed by atoms with E-state index in [1.54, 1.807) is 11.0 Å². The minimum Gasteiger partial charge on any atom is -0.363 e. The highest BCUT2D eigenvalue weighted by Crippen LogP contribution is 2.44. The molecule has 17 heavy (non-hydrogen) atoms. The molecule has 2 aromatic rings. The van der Waals surface area contributed by atoms with Crippen molar-refractivity contribution < 1.29 is 0 Å². The van der Waals surface area contributed by atoms with Gasteiger partial charge in [0.05, 0.1) is 11.7 Å². The van der Waals surface area contributed by atoms with E-state index in [4.69, 9.17) is 11.6 Å². The molecule has 88 valence electrons. The van der Waals surface area contributed by atoms with Gasteiger partial charge >= 0.3 is 0 Å². The van der Waals surface area contributed by atoms with Gasteiger partial charge < -0.3 is 4.90 Å². The van der Waals surface area contributed by atoms with E-state index in [1.807, 2.05) is 20.2 Å². The molecule has 5 nitrogen and oxygen atoms in total. The third kappa shape index (κ3) is 1.35. The Hall–Kier alpha value is -1.62. The van der Waals surface area contributed by atoms with E-state index in [1.165, 1.54) is 0 Å². The normalized spacial score (nSPS) is 17.9. The van der Waals surface area contributed by atoms with Crippen molar-refractivity contribution in [2.75, 3.05) is 11.9 Å². The molecule has 0 fully saturated rings. The second-order valence-electron chi connectivity index (χ2n) is 4.21. The van der Waals surface area contributed by atoms with Crippen molar-refractivity contribution in [3.63, 3.8) is 0 Å². The van der Waals surface area contributed by atoms with Gasteiger partial charge in [0, 0.05) is 25.9 Å². The molecule has 3 heterocycles. The highest BCUT2D eigenvalue weighted by molar-refractivity contribution is 6.32. The van der Waals surface area contributed by atoms with Crippen LogP contribution in [0.3, 0.4) is 0 Å². The van der Waals surface area contributed by atoms with Crippen molar-refractivity contribution >= 4 is 17.3 Å². The molecule has 1 aliphatic heterocycles. The molecule has 0 amide bonds. The molecule has 0 spiro atoms. The fraction of sp³-hybridized carbons (Fsp3) is 0.364. The summed E-state index contributed by atoms with van der Waals surface area (Å²) in [4.78, 5) is 7.81. The maximum atomic E-state index is 6.17. The van der Waals surface area contributed by atoms with Crippen LogP contribution in [0.15, 0.2) is 12.3 Å². The molecular weight excluding hydrogens is 238 g/mol. The zero-order chi connectivity index (χ0) is 12.2. The van der Waals surface area contributed by atoms with Crippen LogP contribution in [-0.4, -0.2) is 27.0 Å². The average Bonchev–Trinajstić information content (AvgIpc) is 2.68. The summed E-state index contributed by atoms with van der Waals surface area (Å²) in [5.74, 6) is 0. The summed E-state index contributed by atoms with van der Waals surface area (Å²) in [6.45, 7) is 2.08. The van der Waals surface area contributed by atoms with Gasteiger partial charge in [-0.15, -0.1) is 0 Å². The summed E-state index contributed by atoms with van der Waals surface area (Å²) >= 11 is 6.17. The first-order chi connectivity index (χ1) is 8.09. The van der Waals surface area contributed by atoms with Crippen LogP contribution in [0.2, 0.25) is 5.15 Å². The Morgan fingerprint density at radius 2 is 2.06 bits per heavy atom. The number of aryl methyl sites for hydroxylation is 1. The van der Waals surface area contributed by atoms with Gasteiger partial charge in [0.15, 0.2) is 5.15 Å². The van der Waals surface area contributed by atoms with Crippen LogP contribution in [-0.2, 0) is 7.05 Å². The fourth-order valence-corrected chi connectivity index (χ4v) is 2.52. The van der Waals surface area contributed by atoms with Crippen molar-refractivity contribution in [3.05, 3.63) is 23.1 Å². The van der Waals surface area contributed by atoms with E-state index >= 15 is 0 Å². The van der Waals surface area contributed by atoms with E-state index in [0.717, 1.165) is 22.6 Å². The molecule has 1 aliphatic rings. The van der Waals surface area contributed by atoms with Gasteiger partial charge in [-0.2, -0.15) is 15.0 Å². The maximum Gasteiger partial charge on any atom is 0.152 e. The van der Waals surface area contributed by atoms with E-state index in [2.05, 4.69) is 27.0 Å². The van der Waals surface area contributed by atoms with Crippen molar-refractivity contribution in [3.8, 4) is 11.3 Å². The van der Waals surface area contributed by atoms with Crippen molar-refractivity contribution in [1.29, 1.82) is 0 Å². The Labute approximate surface area is 104 Å². The van der Waals surface area contributed by atoms with Crippen LogP contribution in [0.1, 0.15) is 18.7 Å². The zero-order valence-corrected chi connectivity index (χ0v) is 10.6. The Morgan fingerprint density at radius 1 is 1.29 bits per heavy atom. The molecule has 0 saturated heterocycles. The summed E-state index contributed by atoms with van der Waals surface area (Å²) in [5, 5.41) is 9.33. The lowest BCUT2D eigenvalue weighted by Crippen LogP contribution is -2.26. The number of hydrogen-bond donors (Lipinski definition) is 0. The molecular formula is C11H12ClN5. The molecule has 3 rings (SSSR count). The largest absolute Gasteiger partial charge is 0.363 e. The molecule has 0 saturated carbocycles. The van der Waals surface area contributed by atoms with Crippen molar-refractivity contribution in [2.45, 2.75) is 13.0 Å². The lowest BCUT2D eigenvalue weighted by molar-refractivity contribution is 0.625. The first-order valence-electron chi connectivity index (χ1n) is 5.38. The zero-order valence-electron chi connectivity index (χ0n) is 9.85. The highest BCUT2D eigenvalue weighted by atomic mass is 35.5. The molecule has 0 radical (unpaired) electrons. The minimum atomic E-state index is 0.146.